The number of fused-ring (bicyclic) bond motifs is 2. The number of carbonyl (C=O) groups is 1. The highest BCUT2D eigenvalue weighted by Gasteiger charge is 2.33. The smallest absolute Gasteiger partial charge is 0.307 e. The average Bonchev–Trinajstić information content (AvgIpc) is 2.92. The molecule has 0 spiro atoms. The zero-order valence-corrected chi connectivity index (χ0v) is 19.9. The Morgan fingerprint density at radius 1 is 1.03 bits per heavy atom. The van der Waals surface area contributed by atoms with Crippen molar-refractivity contribution < 1.29 is 19.0 Å². The molecule has 5 rings (SSSR count). The SMILES string of the molecule is COC(=O)C[C@@H]1c2cc(OC)c(OC)cc2CCN1c1nc(-c2cccnc2)nc2ccccc12. The van der Waals surface area contributed by atoms with Crippen LogP contribution in [0.5, 0.6) is 11.5 Å². The number of methoxy groups -OCH3 is 3. The lowest BCUT2D eigenvalue weighted by atomic mass is 9.89. The van der Waals surface area contributed by atoms with E-state index in [0.717, 1.165) is 39.8 Å². The normalized spacial score (nSPS) is 14.9. The highest BCUT2D eigenvalue weighted by Crippen LogP contribution is 2.42. The standard InChI is InChI=1S/C27H26N4O4/c1-33-23-13-17-10-12-31(22(15-25(32)35-3)20(17)14-24(23)34-2)27-19-8-4-5-9-21(19)29-26(30-27)18-7-6-11-28-16-18/h4-9,11,13-14,16,22H,10,12,15H2,1-3H3/t22-/m1/s1. The van der Waals surface area contributed by atoms with Crippen molar-refractivity contribution in [2.75, 3.05) is 32.8 Å². The number of rotatable bonds is 6. The van der Waals surface area contributed by atoms with E-state index in [1.54, 1.807) is 26.6 Å². The van der Waals surface area contributed by atoms with Crippen LogP contribution in [0.3, 0.4) is 0 Å². The summed E-state index contributed by atoms with van der Waals surface area (Å²) in [5, 5.41) is 0.916. The summed E-state index contributed by atoms with van der Waals surface area (Å²) in [7, 11) is 4.64. The molecule has 1 aliphatic heterocycles. The Balaban J connectivity index is 1.69. The Morgan fingerprint density at radius 3 is 2.57 bits per heavy atom. The summed E-state index contributed by atoms with van der Waals surface area (Å²) >= 11 is 0. The van der Waals surface area contributed by atoms with Crippen LogP contribution >= 0.6 is 0 Å². The molecule has 35 heavy (non-hydrogen) atoms. The molecule has 8 heteroatoms. The van der Waals surface area contributed by atoms with Gasteiger partial charge < -0.3 is 19.1 Å². The molecule has 1 aliphatic rings. The van der Waals surface area contributed by atoms with Gasteiger partial charge in [0.25, 0.3) is 0 Å². The molecule has 0 unspecified atom stereocenters. The quantitative estimate of drug-likeness (QED) is 0.384. The monoisotopic (exact) mass is 470 g/mol. The van der Waals surface area contributed by atoms with Gasteiger partial charge in [0.15, 0.2) is 17.3 Å². The molecule has 3 heterocycles. The maximum atomic E-state index is 12.6. The van der Waals surface area contributed by atoms with E-state index in [9.17, 15) is 4.79 Å². The summed E-state index contributed by atoms with van der Waals surface area (Å²) < 4.78 is 16.2. The first-order valence-corrected chi connectivity index (χ1v) is 11.4. The van der Waals surface area contributed by atoms with E-state index in [1.165, 1.54) is 7.11 Å². The molecule has 178 valence electrons. The molecule has 8 nitrogen and oxygen atoms in total. The highest BCUT2D eigenvalue weighted by molar-refractivity contribution is 5.91. The molecule has 0 fully saturated rings. The molecule has 0 aliphatic carbocycles. The Labute approximate surface area is 203 Å². The predicted molar refractivity (Wildman–Crippen MR) is 133 cm³/mol. The summed E-state index contributed by atoms with van der Waals surface area (Å²) in [5.41, 5.74) is 3.75. The van der Waals surface area contributed by atoms with Crippen molar-refractivity contribution in [3.8, 4) is 22.9 Å². The zero-order valence-electron chi connectivity index (χ0n) is 19.9. The van der Waals surface area contributed by atoms with Crippen LogP contribution < -0.4 is 14.4 Å². The number of hydrogen-bond donors (Lipinski definition) is 0. The van der Waals surface area contributed by atoms with E-state index < -0.39 is 0 Å². The van der Waals surface area contributed by atoms with Crippen LogP contribution in [0.25, 0.3) is 22.3 Å². The highest BCUT2D eigenvalue weighted by atomic mass is 16.5. The minimum atomic E-state index is -0.300. The first-order valence-electron chi connectivity index (χ1n) is 11.4. The third kappa shape index (κ3) is 4.23. The van der Waals surface area contributed by atoms with Crippen molar-refractivity contribution in [2.24, 2.45) is 0 Å². The molecule has 0 amide bonds. The summed E-state index contributed by atoms with van der Waals surface area (Å²) in [6.07, 6.45) is 4.40. The second-order valence-electron chi connectivity index (χ2n) is 8.28. The van der Waals surface area contributed by atoms with Gasteiger partial charge in [-0.15, -0.1) is 0 Å². The summed E-state index contributed by atoms with van der Waals surface area (Å²) in [4.78, 5) is 28.7. The van der Waals surface area contributed by atoms with Gasteiger partial charge in [-0.05, 0) is 53.9 Å². The number of aromatic nitrogens is 3. The molecule has 0 saturated heterocycles. The summed E-state index contributed by atoms with van der Waals surface area (Å²) in [5.74, 6) is 2.34. The molecular weight excluding hydrogens is 444 g/mol. The largest absolute Gasteiger partial charge is 0.493 e. The van der Waals surface area contributed by atoms with Crippen molar-refractivity contribution >= 4 is 22.7 Å². The van der Waals surface area contributed by atoms with Gasteiger partial charge in [-0.3, -0.25) is 9.78 Å². The molecule has 1 atom stereocenters. The zero-order chi connectivity index (χ0) is 24.4. The molecule has 2 aromatic heterocycles. The van der Waals surface area contributed by atoms with Gasteiger partial charge in [0.2, 0.25) is 0 Å². The van der Waals surface area contributed by atoms with Crippen LogP contribution in [-0.4, -0.2) is 48.8 Å². The minimum Gasteiger partial charge on any atom is -0.493 e. The number of ether oxygens (including phenoxy) is 3. The van der Waals surface area contributed by atoms with Gasteiger partial charge in [-0.2, -0.15) is 0 Å². The number of anilines is 1. The Hall–Kier alpha value is -4.20. The van der Waals surface area contributed by atoms with Gasteiger partial charge >= 0.3 is 5.97 Å². The van der Waals surface area contributed by atoms with E-state index in [2.05, 4.69) is 9.88 Å². The minimum absolute atomic E-state index is 0.166. The Bertz CT molecular complexity index is 1380. The van der Waals surface area contributed by atoms with Crippen LogP contribution in [-0.2, 0) is 16.0 Å². The maximum Gasteiger partial charge on any atom is 0.307 e. The van der Waals surface area contributed by atoms with E-state index in [-0.39, 0.29) is 18.4 Å². The molecule has 0 bridgehead atoms. The van der Waals surface area contributed by atoms with Crippen molar-refractivity contribution in [1.29, 1.82) is 0 Å². The van der Waals surface area contributed by atoms with Crippen LogP contribution in [0.2, 0.25) is 0 Å². The lowest BCUT2D eigenvalue weighted by molar-refractivity contribution is -0.141. The lowest BCUT2D eigenvalue weighted by Crippen LogP contribution is -2.37. The van der Waals surface area contributed by atoms with Gasteiger partial charge in [0.1, 0.15) is 5.82 Å². The van der Waals surface area contributed by atoms with Crippen LogP contribution in [0.1, 0.15) is 23.6 Å². The van der Waals surface area contributed by atoms with Crippen LogP contribution in [0, 0.1) is 0 Å². The predicted octanol–water partition coefficient (Wildman–Crippen LogP) is 4.38. The van der Waals surface area contributed by atoms with E-state index in [4.69, 9.17) is 24.2 Å². The topological polar surface area (TPSA) is 86.7 Å². The number of carbonyl (C=O) groups excluding carboxylic acids is 1. The van der Waals surface area contributed by atoms with E-state index in [1.807, 2.05) is 48.5 Å². The lowest BCUT2D eigenvalue weighted by Gasteiger charge is -2.38. The fourth-order valence-electron chi connectivity index (χ4n) is 4.65. The third-order valence-electron chi connectivity index (χ3n) is 6.37. The van der Waals surface area contributed by atoms with Gasteiger partial charge in [0, 0.05) is 29.9 Å². The molecule has 0 N–H and O–H groups in total. The van der Waals surface area contributed by atoms with Gasteiger partial charge in [-0.25, -0.2) is 9.97 Å². The van der Waals surface area contributed by atoms with E-state index in [0.29, 0.717) is 23.9 Å². The number of nitrogens with zero attached hydrogens (tertiary/aromatic N) is 4. The van der Waals surface area contributed by atoms with Crippen LogP contribution in [0.4, 0.5) is 5.82 Å². The van der Waals surface area contributed by atoms with Crippen molar-refractivity contribution in [2.45, 2.75) is 18.9 Å². The fraction of sp³-hybridized carbons (Fsp3) is 0.259. The number of esters is 1. The first kappa shape index (κ1) is 22.6. The maximum absolute atomic E-state index is 12.6. The average molecular weight is 471 g/mol. The molecule has 0 radical (unpaired) electrons. The Kier molecular flexibility index (Phi) is 6.18. The molecule has 0 saturated carbocycles. The first-order chi connectivity index (χ1) is 17.1. The Morgan fingerprint density at radius 2 is 1.83 bits per heavy atom. The van der Waals surface area contributed by atoms with Crippen LogP contribution in [0.15, 0.2) is 60.9 Å². The summed E-state index contributed by atoms with van der Waals surface area (Å²) in [6, 6.07) is 15.4. The number of para-hydroxylation sites is 1. The number of hydrogen-bond acceptors (Lipinski definition) is 8. The second-order valence-corrected chi connectivity index (χ2v) is 8.28. The molecule has 2 aromatic carbocycles. The number of benzene rings is 2. The number of pyridine rings is 1. The summed E-state index contributed by atoms with van der Waals surface area (Å²) in [6.45, 7) is 0.664. The van der Waals surface area contributed by atoms with Crippen molar-refractivity contribution in [3.63, 3.8) is 0 Å². The molecular formula is C27H26N4O4. The van der Waals surface area contributed by atoms with Gasteiger partial charge in [-0.1, -0.05) is 12.1 Å². The van der Waals surface area contributed by atoms with Crippen molar-refractivity contribution in [1.82, 2.24) is 15.0 Å². The van der Waals surface area contributed by atoms with E-state index >= 15 is 0 Å². The van der Waals surface area contributed by atoms with Crippen molar-refractivity contribution in [3.05, 3.63) is 72.1 Å². The fourth-order valence-corrected chi connectivity index (χ4v) is 4.65. The second kappa shape index (κ2) is 9.58. The van der Waals surface area contributed by atoms with Gasteiger partial charge in [0.05, 0.1) is 39.3 Å². The molecule has 4 aromatic rings. The third-order valence-corrected chi connectivity index (χ3v) is 6.37.